The van der Waals surface area contributed by atoms with Gasteiger partial charge in [0.1, 0.15) is 12.7 Å². The van der Waals surface area contributed by atoms with E-state index in [4.69, 9.17) is 24.2 Å². The van der Waals surface area contributed by atoms with E-state index < -0.39 is 51.8 Å². The molecular weight excluding hydrogens is 699 g/mol. The molecule has 11 nitrogen and oxygen atoms in total. The summed E-state index contributed by atoms with van der Waals surface area (Å²) in [5.74, 6) is -0.243. The Morgan fingerprint density at radius 3 is 1.66 bits per heavy atom. The van der Waals surface area contributed by atoms with Crippen LogP contribution in [0.25, 0.3) is 0 Å². The molecule has 0 amide bonds. The van der Waals surface area contributed by atoms with Crippen molar-refractivity contribution in [2.45, 2.75) is 161 Å². The molecule has 0 aliphatic carbocycles. The predicted octanol–water partition coefficient (Wildman–Crippen LogP) is 8.99. The number of allylic oxidation sites excluding steroid dienone is 8. The minimum Gasteiger partial charge on any atom is -0.462 e. The molecule has 0 radical (unpaired) electrons. The molecule has 0 spiro atoms. The van der Waals surface area contributed by atoms with E-state index in [0.29, 0.717) is 19.3 Å². The van der Waals surface area contributed by atoms with Crippen molar-refractivity contribution in [2.75, 3.05) is 33.0 Å². The number of phosphoric ester groups is 1. The van der Waals surface area contributed by atoms with Crippen LogP contribution in [0.3, 0.4) is 0 Å². The Balaban J connectivity index is 4.42. The molecule has 308 valence electrons. The number of aliphatic hydroxyl groups excluding tert-OH is 3. The maximum absolute atomic E-state index is 12.5. The smallest absolute Gasteiger partial charge is 0.462 e. The summed E-state index contributed by atoms with van der Waals surface area (Å²) in [6.07, 6.45) is 34.0. The van der Waals surface area contributed by atoms with E-state index in [1.165, 1.54) is 38.5 Å². The van der Waals surface area contributed by atoms with Crippen molar-refractivity contribution in [3.8, 4) is 0 Å². The number of ether oxygens (including phenoxy) is 2. The van der Waals surface area contributed by atoms with Crippen molar-refractivity contribution in [1.82, 2.24) is 0 Å². The fourth-order valence-corrected chi connectivity index (χ4v) is 5.88. The molecule has 3 atom stereocenters. The highest BCUT2D eigenvalue weighted by Crippen LogP contribution is 2.43. The fourth-order valence-electron chi connectivity index (χ4n) is 5.09. The van der Waals surface area contributed by atoms with Gasteiger partial charge < -0.3 is 29.7 Å². The summed E-state index contributed by atoms with van der Waals surface area (Å²) in [6.45, 7) is 2.58. The molecule has 0 aromatic carbocycles. The number of esters is 2. The first-order valence-electron chi connectivity index (χ1n) is 20.1. The molecular formula is C41H73O11P. The zero-order valence-electron chi connectivity index (χ0n) is 32.8. The van der Waals surface area contributed by atoms with Crippen LogP contribution in [0, 0.1) is 5.92 Å². The van der Waals surface area contributed by atoms with Crippen molar-refractivity contribution in [1.29, 1.82) is 0 Å². The first-order valence-corrected chi connectivity index (χ1v) is 21.6. The summed E-state index contributed by atoms with van der Waals surface area (Å²) in [5.41, 5.74) is 0. The molecule has 0 heterocycles. The summed E-state index contributed by atoms with van der Waals surface area (Å²) < 4.78 is 32.5. The predicted molar refractivity (Wildman–Crippen MR) is 211 cm³/mol. The number of unbranched alkanes of at least 4 members (excludes halogenated alkanes) is 12. The number of aliphatic hydroxyl groups is 3. The maximum Gasteiger partial charge on any atom is 0.472 e. The normalized spacial score (nSPS) is 14.5. The molecule has 4 N–H and O–H groups in total. The summed E-state index contributed by atoms with van der Waals surface area (Å²) in [6, 6.07) is 0. The number of rotatable bonds is 37. The molecule has 1 unspecified atom stereocenters. The van der Waals surface area contributed by atoms with Crippen LogP contribution in [0.15, 0.2) is 48.6 Å². The van der Waals surface area contributed by atoms with Crippen molar-refractivity contribution in [3.05, 3.63) is 48.6 Å². The van der Waals surface area contributed by atoms with Gasteiger partial charge >= 0.3 is 19.8 Å². The van der Waals surface area contributed by atoms with Crippen molar-refractivity contribution < 1.29 is 52.9 Å². The average molecular weight is 773 g/mol. The van der Waals surface area contributed by atoms with E-state index in [2.05, 4.69) is 54.8 Å². The molecule has 0 aliphatic heterocycles. The molecule has 0 rings (SSSR count). The lowest BCUT2D eigenvalue weighted by atomic mass is 10.0. The van der Waals surface area contributed by atoms with Crippen molar-refractivity contribution >= 4 is 19.8 Å². The number of hydrogen-bond donors (Lipinski definition) is 4. The van der Waals surface area contributed by atoms with Crippen LogP contribution in [0.1, 0.15) is 149 Å². The SMILES string of the molecule is CC(C)CCCCCCCCCCCC(=O)O[C@H](COC(=O)CCC/C=C\C/C=C\C/C=C\C/C=C\CCCCCO)COP(=O)(O)OC[C@@H](O)CO. The summed E-state index contributed by atoms with van der Waals surface area (Å²) in [5, 5.41) is 27.1. The zero-order chi connectivity index (χ0) is 39.3. The monoisotopic (exact) mass is 772 g/mol. The number of carbonyl (C=O) groups is 2. The number of carbonyl (C=O) groups excluding carboxylic acids is 2. The second-order valence-electron chi connectivity index (χ2n) is 13.9. The van der Waals surface area contributed by atoms with E-state index in [-0.39, 0.29) is 26.1 Å². The van der Waals surface area contributed by atoms with Crippen LogP contribution in [0.2, 0.25) is 0 Å². The topological polar surface area (TPSA) is 169 Å². The van der Waals surface area contributed by atoms with Crippen LogP contribution in [0.5, 0.6) is 0 Å². The summed E-state index contributed by atoms with van der Waals surface area (Å²) in [4.78, 5) is 34.8. The van der Waals surface area contributed by atoms with Crippen molar-refractivity contribution in [3.63, 3.8) is 0 Å². The second-order valence-corrected chi connectivity index (χ2v) is 15.3. The fraction of sp³-hybridized carbons (Fsp3) is 0.756. The van der Waals surface area contributed by atoms with Gasteiger partial charge in [-0.05, 0) is 63.7 Å². The van der Waals surface area contributed by atoms with E-state index in [0.717, 1.165) is 70.1 Å². The van der Waals surface area contributed by atoms with Gasteiger partial charge in [-0.25, -0.2) is 4.57 Å². The molecule has 0 fully saturated rings. The van der Waals surface area contributed by atoms with Gasteiger partial charge in [0, 0.05) is 19.4 Å². The van der Waals surface area contributed by atoms with E-state index in [1.54, 1.807) is 0 Å². The van der Waals surface area contributed by atoms with Gasteiger partial charge in [0.05, 0.1) is 19.8 Å². The first kappa shape index (κ1) is 50.9. The molecule has 0 aromatic heterocycles. The van der Waals surface area contributed by atoms with Crippen LogP contribution in [-0.4, -0.2) is 77.4 Å². The minimum atomic E-state index is -4.63. The third-order valence-corrected chi connectivity index (χ3v) is 9.17. The van der Waals surface area contributed by atoms with Crippen LogP contribution < -0.4 is 0 Å². The van der Waals surface area contributed by atoms with Gasteiger partial charge in [-0.2, -0.15) is 0 Å². The molecule has 12 heteroatoms. The van der Waals surface area contributed by atoms with Gasteiger partial charge in [-0.3, -0.25) is 18.6 Å². The lowest BCUT2D eigenvalue weighted by Gasteiger charge is -2.20. The molecule has 0 bridgehead atoms. The van der Waals surface area contributed by atoms with Crippen molar-refractivity contribution in [2.24, 2.45) is 5.92 Å². The highest BCUT2D eigenvalue weighted by molar-refractivity contribution is 7.47. The Bertz CT molecular complexity index is 1040. The Hall–Kier alpha value is -2.11. The number of hydrogen-bond acceptors (Lipinski definition) is 10. The third kappa shape index (κ3) is 38.0. The highest BCUT2D eigenvalue weighted by atomic mass is 31.2. The second kappa shape index (κ2) is 36.8. The maximum atomic E-state index is 12.5. The average Bonchev–Trinajstić information content (AvgIpc) is 3.13. The largest absolute Gasteiger partial charge is 0.472 e. The Morgan fingerprint density at radius 1 is 0.604 bits per heavy atom. The van der Waals surface area contributed by atoms with Gasteiger partial charge in [0.15, 0.2) is 6.10 Å². The summed E-state index contributed by atoms with van der Waals surface area (Å²) in [7, 11) is -4.63. The van der Waals surface area contributed by atoms with E-state index >= 15 is 0 Å². The number of phosphoric acid groups is 1. The molecule has 0 aromatic rings. The van der Waals surface area contributed by atoms with Gasteiger partial charge in [-0.15, -0.1) is 0 Å². The zero-order valence-corrected chi connectivity index (χ0v) is 33.7. The Labute approximate surface area is 320 Å². The Morgan fingerprint density at radius 2 is 1.09 bits per heavy atom. The molecule has 0 saturated heterocycles. The van der Waals surface area contributed by atoms with Gasteiger partial charge in [-0.1, -0.05) is 127 Å². The third-order valence-electron chi connectivity index (χ3n) is 8.22. The summed E-state index contributed by atoms with van der Waals surface area (Å²) >= 11 is 0. The minimum absolute atomic E-state index is 0.155. The van der Waals surface area contributed by atoms with Crippen LogP contribution in [0.4, 0.5) is 0 Å². The van der Waals surface area contributed by atoms with Crippen LogP contribution >= 0.6 is 7.82 Å². The van der Waals surface area contributed by atoms with E-state index in [9.17, 15) is 24.2 Å². The van der Waals surface area contributed by atoms with E-state index in [1.807, 2.05) is 12.2 Å². The standard InChI is InChI=1S/C41H73O11P/c1-37(2)29-25-21-17-13-12-15-19-23-27-31-41(46)52-39(36-51-53(47,48)50-34-38(44)33-43)35-49-40(45)30-26-22-18-14-10-8-6-4-3-5-7-9-11-16-20-24-28-32-42/h3,5-6,8-9,11,14,18,37-39,42-44H,4,7,10,12-13,15-17,19-36H2,1-2H3,(H,47,48)/b5-3-,8-6-,11-9-,18-14-/t38-,39+/m0/s1. The van der Waals surface area contributed by atoms with Crippen LogP contribution in [-0.2, 0) is 32.7 Å². The molecule has 53 heavy (non-hydrogen) atoms. The van der Waals surface area contributed by atoms with Gasteiger partial charge in [0.2, 0.25) is 0 Å². The lowest BCUT2D eigenvalue weighted by Crippen LogP contribution is -2.29. The Kier molecular flexibility index (Phi) is 35.4. The lowest BCUT2D eigenvalue weighted by molar-refractivity contribution is -0.161. The quantitative estimate of drug-likeness (QED) is 0.0206. The molecule has 0 aliphatic rings. The van der Waals surface area contributed by atoms with Gasteiger partial charge in [0.25, 0.3) is 0 Å². The highest BCUT2D eigenvalue weighted by Gasteiger charge is 2.27. The first-order chi connectivity index (χ1) is 25.6. The molecule has 0 saturated carbocycles.